The zero-order chi connectivity index (χ0) is 10.8. The van der Waals surface area contributed by atoms with Gasteiger partial charge in [0.1, 0.15) is 0 Å². The number of aromatic nitrogens is 1. The molecule has 1 spiro atoms. The number of hydrogen-bond donors (Lipinski definition) is 1. The normalized spacial score (nSPS) is 24.2. The van der Waals surface area contributed by atoms with Crippen molar-refractivity contribution in [3.63, 3.8) is 0 Å². The molecule has 3 heteroatoms. The van der Waals surface area contributed by atoms with Crippen LogP contribution in [0.1, 0.15) is 18.5 Å². The number of pyridine rings is 1. The minimum Gasteiger partial charge on any atom is -0.316 e. The molecule has 0 aromatic carbocycles. The molecule has 0 bridgehead atoms. The third kappa shape index (κ3) is 1.97. The van der Waals surface area contributed by atoms with Crippen LogP contribution in [0.25, 0.3) is 0 Å². The van der Waals surface area contributed by atoms with Crippen LogP contribution in [0.3, 0.4) is 0 Å². The monoisotopic (exact) mass is 217 g/mol. The van der Waals surface area contributed by atoms with Gasteiger partial charge in [0.05, 0.1) is 5.69 Å². The number of rotatable bonds is 2. The van der Waals surface area contributed by atoms with Crippen LogP contribution >= 0.6 is 0 Å². The van der Waals surface area contributed by atoms with Crippen molar-refractivity contribution in [2.75, 3.05) is 26.2 Å². The maximum atomic E-state index is 4.39. The highest BCUT2D eigenvalue weighted by molar-refractivity contribution is 5.04. The molecule has 86 valence electrons. The fourth-order valence-electron chi connectivity index (χ4n) is 2.74. The Morgan fingerprint density at radius 2 is 2.06 bits per heavy atom. The molecule has 2 aliphatic heterocycles. The topological polar surface area (TPSA) is 28.2 Å². The number of hydrogen-bond acceptors (Lipinski definition) is 3. The van der Waals surface area contributed by atoms with Gasteiger partial charge in [-0.15, -0.1) is 0 Å². The summed E-state index contributed by atoms with van der Waals surface area (Å²) in [5.74, 6) is 0. The van der Waals surface area contributed by atoms with E-state index in [4.69, 9.17) is 0 Å². The smallest absolute Gasteiger partial charge is 0.0543 e. The van der Waals surface area contributed by atoms with Gasteiger partial charge < -0.3 is 5.32 Å². The highest BCUT2D eigenvalue weighted by Gasteiger charge is 2.39. The van der Waals surface area contributed by atoms with Gasteiger partial charge in [-0.1, -0.05) is 6.07 Å². The Morgan fingerprint density at radius 1 is 1.25 bits per heavy atom. The van der Waals surface area contributed by atoms with E-state index in [2.05, 4.69) is 27.3 Å². The molecule has 0 radical (unpaired) electrons. The van der Waals surface area contributed by atoms with Crippen LogP contribution in [0.4, 0.5) is 0 Å². The molecule has 3 rings (SSSR count). The zero-order valence-electron chi connectivity index (χ0n) is 9.65. The summed E-state index contributed by atoms with van der Waals surface area (Å²) in [6.45, 7) is 5.97. The quantitative estimate of drug-likeness (QED) is 0.808. The second kappa shape index (κ2) is 4.15. The number of likely N-dealkylation sites (tertiary alicyclic amines) is 1. The van der Waals surface area contributed by atoms with E-state index in [1.54, 1.807) is 0 Å². The molecule has 0 saturated carbocycles. The predicted octanol–water partition coefficient (Wildman–Crippen LogP) is 1.27. The summed E-state index contributed by atoms with van der Waals surface area (Å²) in [4.78, 5) is 6.92. The van der Waals surface area contributed by atoms with Crippen LogP contribution in [0.5, 0.6) is 0 Å². The molecular formula is C13H19N3. The first-order chi connectivity index (χ1) is 7.86. The highest BCUT2D eigenvalue weighted by Crippen LogP contribution is 2.35. The van der Waals surface area contributed by atoms with Gasteiger partial charge in [0, 0.05) is 25.8 Å². The summed E-state index contributed by atoms with van der Waals surface area (Å²) in [5, 5.41) is 3.41. The second-order valence-electron chi connectivity index (χ2n) is 5.20. The number of nitrogens with zero attached hydrogens (tertiary/aromatic N) is 2. The largest absolute Gasteiger partial charge is 0.316 e. The maximum absolute atomic E-state index is 4.39. The standard InChI is InChI=1S/C13H19N3/c1-2-6-15-12(3-1)9-16-7-4-13(5-8-16)10-14-11-13/h1-3,6,14H,4-5,7-11H2. The van der Waals surface area contributed by atoms with Crippen LogP contribution in [0.2, 0.25) is 0 Å². The SMILES string of the molecule is c1ccc(CN2CCC3(CC2)CNC3)nc1. The minimum absolute atomic E-state index is 0.653. The van der Waals surface area contributed by atoms with Crippen molar-refractivity contribution in [1.29, 1.82) is 0 Å². The summed E-state index contributed by atoms with van der Waals surface area (Å²) < 4.78 is 0. The molecule has 0 amide bonds. The van der Waals surface area contributed by atoms with Crippen LogP contribution < -0.4 is 5.32 Å². The van der Waals surface area contributed by atoms with Crippen LogP contribution in [0, 0.1) is 5.41 Å². The lowest BCUT2D eigenvalue weighted by atomic mass is 9.73. The molecule has 1 aromatic heterocycles. The van der Waals surface area contributed by atoms with Crippen LogP contribution in [-0.4, -0.2) is 36.1 Å². The average molecular weight is 217 g/mol. The molecule has 0 atom stereocenters. The van der Waals surface area contributed by atoms with E-state index in [1.165, 1.54) is 44.7 Å². The van der Waals surface area contributed by atoms with Gasteiger partial charge in [-0.05, 0) is 43.5 Å². The Labute approximate surface area is 96.9 Å². The molecule has 0 unspecified atom stereocenters. The predicted molar refractivity (Wildman–Crippen MR) is 64.1 cm³/mol. The van der Waals surface area contributed by atoms with Crippen molar-refractivity contribution >= 4 is 0 Å². The van der Waals surface area contributed by atoms with Crippen molar-refractivity contribution in [1.82, 2.24) is 15.2 Å². The summed E-state index contributed by atoms with van der Waals surface area (Å²) >= 11 is 0. The van der Waals surface area contributed by atoms with Gasteiger partial charge in [-0.3, -0.25) is 9.88 Å². The average Bonchev–Trinajstić information content (AvgIpc) is 2.29. The molecule has 3 heterocycles. The maximum Gasteiger partial charge on any atom is 0.0543 e. The Kier molecular flexibility index (Phi) is 2.65. The van der Waals surface area contributed by atoms with Crippen molar-refractivity contribution in [3.8, 4) is 0 Å². The molecular weight excluding hydrogens is 198 g/mol. The van der Waals surface area contributed by atoms with Gasteiger partial charge in [-0.25, -0.2) is 0 Å². The van der Waals surface area contributed by atoms with Crippen LogP contribution in [-0.2, 0) is 6.54 Å². The van der Waals surface area contributed by atoms with Crippen molar-refractivity contribution in [3.05, 3.63) is 30.1 Å². The number of piperidine rings is 1. The molecule has 1 N–H and O–H groups in total. The Balaban J connectivity index is 1.54. The summed E-state index contributed by atoms with van der Waals surface area (Å²) in [5.41, 5.74) is 1.85. The minimum atomic E-state index is 0.653. The summed E-state index contributed by atoms with van der Waals surface area (Å²) in [7, 11) is 0. The Hall–Kier alpha value is -0.930. The Bertz CT molecular complexity index is 335. The van der Waals surface area contributed by atoms with E-state index in [1.807, 2.05) is 12.3 Å². The van der Waals surface area contributed by atoms with Gasteiger partial charge >= 0.3 is 0 Å². The number of nitrogens with one attached hydrogen (secondary N) is 1. The van der Waals surface area contributed by atoms with Gasteiger partial charge in [0.15, 0.2) is 0 Å². The third-order valence-corrected chi connectivity index (χ3v) is 4.03. The lowest BCUT2D eigenvalue weighted by molar-refractivity contribution is 0.0515. The van der Waals surface area contributed by atoms with Gasteiger partial charge in [0.25, 0.3) is 0 Å². The fraction of sp³-hybridized carbons (Fsp3) is 0.615. The lowest BCUT2D eigenvalue weighted by Gasteiger charge is -2.48. The molecule has 3 nitrogen and oxygen atoms in total. The first-order valence-corrected chi connectivity index (χ1v) is 6.19. The Morgan fingerprint density at radius 3 is 2.62 bits per heavy atom. The van der Waals surface area contributed by atoms with Crippen molar-refractivity contribution < 1.29 is 0 Å². The van der Waals surface area contributed by atoms with E-state index < -0.39 is 0 Å². The van der Waals surface area contributed by atoms with E-state index in [0.717, 1.165) is 6.54 Å². The summed E-state index contributed by atoms with van der Waals surface area (Å²) in [6.07, 6.45) is 4.59. The molecule has 2 saturated heterocycles. The van der Waals surface area contributed by atoms with Gasteiger partial charge in [0.2, 0.25) is 0 Å². The zero-order valence-corrected chi connectivity index (χ0v) is 9.65. The molecule has 2 fully saturated rings. The van der Waals surface area contributed by atoms with E-state index in [9.17, 15) is 0 Å². The van der Waals surface area contributed by atoms with Gasteiger partial charge in [-0.2, -0.15) is 0 Å². The van der Waals surface area contributed by atoms with E-state index in [-0.39, 0.29) is 0 Å². The van der Waals surface area contributed by atoms with Crippen LogP contribution in [0.15, 0.2) is 24.4 Å². The highest BCUT2D eigenvalue weighted by atomic mass is 15.2. The third-order valence-electron chi connectivity index (χ3n) is 4.03. The fourth-order valence-corrected chi connectivity index (χ4v) is 2.74. The van der Waals surface area contributed by atoms with E-state index in [0.29, 0.717) is 5.41 Å². The molecule has 0 aliphatic carbocycles. The molecule has 2 aliphatic rings. The molecule has 16 heavy (non-hydrogen) atoms. The van der Waals surface area contributed by atoms with E-state index >= 15 is 0 Å². The van der Waals surface area contributed by atoms with Crippen molar-refractivity contribution in [2.24, 2.45) is 5.41 Å². The second-order valence-corrected chi connectivity index (χ2v) is 5.20. The summed E-state index contributed by atoms with van der Waals surface area (Å²) in [6, 6.07) is 6.17. The first-order valence-electron chi connectivity index (χ1n) is 6.19. The van der Waals surface area contributed by atoms with Crippen molar-refractivity contribution in [2.45, 2.75) is 19.4 Å². The molecule has 1 aromatic rings. The first kappa shape index (κ1) is 10.2. The lowest BCUT2D eigenvalue weighted by Crippen LogP contribution is -2.58.